The maximum absolute atomic E-state index is 10.6. The third-order valence-corrected chi connectivity index (χ3v) is 5.29. The minimum absolute atomic E-state index is 0.407. The van der Waals surface area contributed by atoms with Gasteiger partial charge in [0, 0.05) is 34.3 Å². The van der Waals surface area contributed by atoms with Crippen molar-refractivity contribution >= 4 is 28.1 Å². The summed E-state index contributed by atoms with van der Waals surface area (Å²) in [6.45, 7) is 3.61. The van der Waals surface area contributed by atoms with Crippen molar-refractivity contribution in [2.75, 3.05) is 5.73 Å². The number of aliphatic hydroxyl groups is 1. The number of aromatic nitrogens is 4. The Kier molecular flexibility index (Phi) is 4.51. The number of pyridine rings is 1. The summed E-state index contributed by atoms with van der Waals surface area (Å²) in [5.74, 6) is 6.85. The fourth-order valence-electron chi connectivity index (χ4n) is 2.78. The highest BCUT2D eigenvalue weighted by Gasteiger charge is 2.22. The number of nitrogens with zero attached hydrogens (tertiary/aromatic N) is 4. The number of fused-ring (bicyclic) bond motifs is 1. The van der Waals surface area contributed by atoms with Crippen LogP contribution in [0.15, 0.2) is 48.2 Å². The van der Waals surface area contributed by atoms with Crippen LogP contribution in [-0.2, 0) is 5.60 Å². The summed E-state index contributed by atoms with van der Waals surface area (Å²) in [6.07, 6.45) is 4.98. The zero-order valence-electron chi connectivity index (χ0n) is 15.3. The number of nitrogen functional groups attached to an aromatic ring is 1. The van der Waals surface area contributed by atoms with Crippen molar-refractivity contribution in [3.8, 4) is 23.2 Å². The summed E-state index contributed by atoms with van der Waals surface area (Å²) >= 11 is 1.37. The second kappa shape index (κ2) is 7.00. The second-order valence-electron chi connectivity index (χ2n) is 6.51. The van der Waals surface area contributed by atoms with E-state index < -0.39 is 5.60 Å². The Bertz CT molecular complexity index is 1220. The highest BCUT2D eigenvalue weighted by atomic mass is 32.1. The van der Waals surface area contributed by atoms with Gasteiger partial charge in [-0.2, -0.15) is 0 Å². The average molecular weight is 387 g/mol. The predicted octanol–water partition coefficient (Wildman–Crippen LogP) is 3.30. The van der Waals surface area contributed by atoms with Crippen LogP contribution in [0.2, 0.25) is 0 Å². The molecule has 0 unspecified atom stereocenters. The minimum atomic E-state index is -1.31. The van der Waals surface area contributed by atoms with Gasteiger partial charge in [0.15, 0.2) is 11.4 Å². The Balaban J connectivity index is 1.76. The molecule has 3 heterocycles. The molecule has 0 aliphatic heterocycles. The van der Waals surface area contributed by atoms with Gasteiger partial charge in [0.05, 0.1) is 11.7 Å². The van der Waals surface area contributed by atoms with Crippen LogP contribution in [0.5, 0.6) is 0 Å². The van der Waals surface area contributed by atoms with E-state index in [9.17, 15) is 5.11 Å². The molecular weight excluding hydrogens is 370 g/mol. The zero-order chi connectivity index (χ0) is 19.7. The molecule has 3 N–H and O–H groups in total. The van der Waals surface area contributed by atoms with Crippen LogP contribution in [0.25, 0.3) is 22.3 Å². The Morgan fingerprint density at radius 1 is 1.18 bits per heavy atom. The molecular formula is C21H17N5OS. The second-order valence-corrected chi connectivity index (χ2v) is 7.41. The van der Waals surface area contributed by atoms with Crippen LogP contribution in [-0.4, -0.2) is 25.0 Å². The molecule has 7 heteroatoms. The zero-order valence-corrected chi connectivity index (χ0v) is 16.2. The molecule has 138 valence electrons. The van der Waals surface area contributed by atoms with Gasteiger partial charge in [0.25, 0.3) is 0 Å². The van der Waals surface area contributed by atoms with Crippen LogP contribution < -0.4 is 5.73 Å². The van der Waals surface area contributed by atoms with Crippen molar-refractivity contribution in [2.45, 2.75) is 19.4 Å². The third-order valence-electron chi connectivity index (χ3n) is 4.31. The van der Waals surface area contributed by atoms with Gasteiger partial charge in [-0.1, -0.05) is 17.9 Å². The van der Waals surface area contributed by atoms with Crippen LogP contribution in [0.3, 0.4) is 0 Å². The molecule has 0 aliphatic carbocycles. The molecule has 4 rings (SSSR count). The number of benzene rings is 1. The molecule has 0 bridgehead atoms. The molecule has 0 aliphatic rings. The largest absolute Gasteiger partial charge is 0.383 e. The average Bonchev–Trinajstić information content (AvgIpc) is 3.23. The molecule has 0 radical (unpaired) electrons. The molecule has 6 nitrogen and oxygen atoms in total. The molecule has 3 aromatic heterocycles. The Hall–Kier alpha value is -3.34. The van der Waals surface area contributed by atoms with Gasteiger partial charge >= 0.3 is 0 Å². The lowest BCUT2D eigenvalue weighted by molar-refractivity contribution is 0.122. The van der Waals surface area contributed by atoms with E-state index in [1.54, 1.807) is 31.6 Å². The molecule has 1 aromatic carbocycles. The topological polar surface area (TPSA) is 97.8 Å². The van der Waals surface area contributed by atoms with Gasteiger partial charge in [0.1, 0.15) is 10.8 Å². The highest BCUT2D eigenvalue weighted by molar-refractivity contribution is 7.09. The van der Waals surface area contributed by atoms with E-state index in [0.717, 1.165) is 22.1 Å². The summed E-state index contributed by atoms with van der Waals surface area (Å²) in [6, 6.07) is 7.54. The van der Waals surface area contributed by atoms with E-state index in [1.165, 1.54) is 11.3 Å². The maximum Gasteiger partial charge on any atom is 0.174 e. The summed E-state index contributed by atoms with van der Waals surface area (Å²) in [5.41, 5.74) is 8.06. The molecule has 0 fully saturated rings. The maximum atomic E-state index is 10.6. The highest BCUT2D eigenvalue weighted by Crippen LogP contribution is 2.26. The van der Waals surface area contributed by atoms with E-state index in [-0.39, 0.29) is 0 Å². The van der Waals surface area contributed by atoms with E-state index in [4.69, 9.17) is 5.73 Å². The first-order chi connectivity index (χ1) is 13.4. The van der Waals surface area contributed by atoms with Gasteiger partial charge in [-0.15, -0.1) is 11.3 Å². The summed E-state index contributed by atoms with van der Waals surface area (Å²) in [4.78, 5) is 17.3. The monoisotopic (exact) mass is 387 g/mol. The van der Waals surface area contributed by atoms with E-state index in [0.29, 0.717) is 22.2 Å². The molecule has 0 amide bonds. The Labute approximate surface area is 166 Å². The number of hydrogen-bond donors (Lipinski definition) is 2. The first-order valence-electron chi connectivity index (χ1n) is 8.58. The smallest absolute Gasteiger partial charge is 0.174 e. The van der Waals surface area contributed by atoms with Gasteiger partial charge in [0.2, 0.25) is 0 Å². The first-order valence-corrected chi connectivity index (χ1v) is 9.46. The number of rotatable bonds is 2. The van der Waals surface area contributed by atoms with Gasteiger partial charge in [-0.05, 0) is 37.6 Å². The lowest BCUT2D eigenvalue weighted by atomic mass is 10.0. The molecule has 0 saturated carbocycles. The lowest BCUT2D eigenvalue weighted by Gasteiger charge is -2.12. The van der Waals surface area contributed by atoms with E-state index in [1.807, 2.05) is 30.5 Å². The molecule has 28 heavy (non-hydrogen) atoms. The van der Waals surface area contributed by atoms with Crippen molar-refractivity contribution < 1.29 is 5.11 Å². The van der Waals surface area contributed by atoms with Crippen molar-refractivity contribution in [3.63, 3.8) is 0 Å². The van der Waals surface area contributed by atoms with Crippen LogP contribution in [0, 0.1) is 18.8 Å². The summed E-state index contributed by atoms with van der Waals surface area (Å²) in [7, 11) is 0. The Morgan fingerprint density at radius 3 is 2.82 bits per heavy atom. The number of nitrogens with two attached hydrogens (primary N) is 1. The Morgan fingerprint density at radius 2 is 2.04 bits per heavy atom. The summed E-state index contributed by atoms with van der Waals surface area (Å²) in [5, 5.41) is 13.7. The number of anilines is 1. The minimum Gasteiger partial charge on any atom is -0.383 e. The normalized spacial score (nSPS) is 13.0. The van der Waals surface area contributed by atoms with Crippen molar-refractivity contribution in [3.05, 3.63) is 64.4 Å². The molecule has 0 saturated heterocycles. The van der Waals surface area contributed by atoms with Gasteiger partial charge in [-0.25, -0.2) is 15.0 Å². The number of thiazole rings is 1. The third kappa shape index (κ3) is 3.43. The molecule has 4 aromatic rings. The fraction of sp³-hybridized carbons (Fsp3) is 0.143. The van der Waals surface area contributed by atoms with Crippen molar-refractivity contribution in [1.29, 1.82) is 0 Å². The molecule has 1 atom stereocenters. The lowest BCUT2D eigenvalue weighted by Crippen LogP contribution is -2.17. The standard InChI is InChI=1S/C21H17N5OS/c1-13-3-4-14(5-7-21(2,27)20-24-9-10-28-20)11-16(13)19-25-17-12-23-8-6-15(17)18(22)26-19/h3-4,6,8-12,27H,1-2H3,(H2,22,25,26)/t21-/m1/s1. The fourth-order valence-corrected chi connectivity index (χ4v) is 3.43. The van der Waals surface area contributed by atoms with Crippen molar-refractivity contribution in [1.82, 2.24) is 19.9 Å². The van der Waals surface area contributed by atoms with Gasteiger partial charge < -0.3 is 10.8 Å². The number of aryl methyl sites for hydroxylation is 1. The summed E-state index contributed by atoms with van der Waals surface area (Å²) < 4.78 is 0. The van der Waals surface area contributed by atoms with Crippen LogP contribution in [0.4, 0.5) is 5.82 Å². The number of hydrogen-bond acceptors (Lipinski definition) is 7. The predicted molar refractivity (Wildman–Crippen MR) is 110 cm³/mol. The SMILES string of the molecule is Cc1ccc(C#C[C@@](C)(O)c2nccs2)cc1-c1nc(N)c2ccncc2n1. The molecule has 0 spiro atoms. The van der Waals surface area contributed by atoms with Gasteiger partial charge in [-0.3, -0.25) is 4.98 Å². The first kappa shape index (κ1) is 18.0. The van der Waals surface area contributed by atoms with E-state index in [2.05, 4.69) is 31.8 Å². The van der Waals surface area contributed by atoms with Crippen LogP contribution in [0.1, 0.15) is 23.1 Å². The van der Waals surface area contributed by atoms with Crippen LogP contribution >= 0.6 is 11.3 Å². The quantitative estimate of drug-likeness (QED) is 0.512. The van der Waals surface area contributed by atoms with E-state index >= 15 is 0 Å². The van der Waals surface area contributed by atoms with Crippen molar-refractivity contribution in [2.24, 2.45) is 0 Å².